The summed E-state index contributed by atoms with van der Waals surface area (Å²) in [5.41, 5.74) is 10.3. The first-order valence-electron chi connectivity index (χ1n) is 22.1. The highest BCUT2D eigenvalue weighted by molar-refractivity contribution is 5.99. The lowest BCUT2D eigenvalue weighted by Gasteiger charge is -2.27. The standard InChI is InChI=1S/C48H56N8O12/c1-29(2)42(55-44(59)40(52-30(3)57)15-8-9-25-51-47(62)66-28-39-37-13-6-4-11-35(37)36-12-5-7-14-38(36)39)45(60)54-41(16-10-26-50-46(49)61)43(58)53-32-19-17-31(18-20-32)27-67-48(63)68-34-23-21-33(22-24-34)56(64)65/h4-7,11-14,17-24,29,39-42H,8-10,15-16,25-28H2,1-3H3,(H,51,62)(H,52,57)(H,53,58)(H,54,60)(H,55,59)(H3,49,50,61)/t40-,41-,42-/m0/s1. The summed E-state index contributed by atoms with van der Waals surface area (Å²) >= 11 is 0. The number of rotatable bonds is 23. The Kier molecular flexibility index (Phi) is 18.8. The average Bonchev–Trinajstić information content (AvgIpc) is 3.63. The normalized spacial score (nSPS) is 12.8. The van der Waals surface area contributed by atoms with E-state index in [0.717, 1.165) is 22.3 Å². The van der Waals surface area contributed by atoms with Gasteiger partial charge in [0.15, 0.2) is 0 Å². The van der Waals surface area contributed by atoms with Crippen molar-refractivity contribution in [2.24, 2.45) is 11.7 Å². The zero-order valence-electron chi connectivity index (χ0n) is 37.9. The van der Waals surface area contributed by atoms with Gasteiger partial charge < -0.3 is 51.8 Å². The molecule has 0 bridgehead atoms. The predicted molar refractivity (Wildman–Crippen MR) is 249 cm³/mol. The Morgan fingerprint density at radius 2 is 1.29 bits per heavy atom. The number of non-ortho nitro benzene ring substituents is 1. The predicted octanol–water partition coefficient (Wildman–Crippen LogP) is 5.54. The van der Waals surface area contributed by atoms with Crippen LogP contribution in [0.4, 0.5) is 25.8 Å². The van der Waals surface area contributed by atoms with Gasteiger partial charge in [0.1, 0.15) is 37.1 Å². The Labute approximate surface area is 392 Å². The van der Waals surface area contributed by atoms with Crippen LogP contribution in [0.3, 0.4) is 0 Å². The largest absolute Gasteiger partial charge is 0.514 e. The second-order valence-electron chi connectivity index (χ2n) is 16.3. The highest BCUT2D eigenvalue weighted by Crippen LogP contribution is 2.44. The lowest BCUT2D eigenvalue weighted by atomic mass is 9.98. The van der Waals surface area contributed by atoms with Gasteiger partial charge in [-0.15, -0.1) is 0 Å². The summed E-state index contributed by atoms with van der Waals surface area (Å²) in [5.74, 6) is -2.85. The Bertz CT molecular complexity index is 2380. The number of benzene rings is 4. The van der Waals surface area contributed by atoms with Crippen molar-refractivity contribution in [1.82, 2.24) is 26.6 Å². The first-order chi connectivity index (χ1) is 32.6. The Morgan fingerprint density at radius 1 is 0.691 bits per heavy atom. The summed E-state index contributed by atoms with van der Waals surface area (Å²) in [6.45, 7) is 5.02. The molecule has 0 saturated heterocycles. The van der Waals surface area contributed by atoms with E-state index in [-0.39, 0.29) is 62.9 Å². The number of hydrogen-bond donors (Lipinski definition) is 7. The van der Waals surface area contributed by atoms with Crippen LogP contribution in [-0.4, -0.2) is 84.7 Å². The van der Waals surface area contributed by atoms with Gasteiger partial charge in [-0.05, 0) is 90.1 Å². The number of nitrogens with zero attached hydrogens (tertiary/aromatic N) is 1. The van der Waals surface area contributed by atoms with E-state index in [0.29, 0.717) is 24.1 Å². The zero-order chi connectivity index (χ0) is 49.2. The number of nitro benzene ring substituents is 1. The van der Waals surface area contributed by atoms with Gasteiger partial charge >= 0.3 is 18.3 Å². The van der Waals surface area contributed by atoms with Crippen LogP contribution in [0.2, 0.25) is 0 Å². The molecule has 20 nitrogen and oxygen atoms in total. The monoisotopic (exact) mass is 936 g/mol. The van der Waals surface area contributed by atoms with Crippen LogP contribution < -0.4 is 42.4 Å². The number of alkyl carbamates (subject to hydrolysis) is 1. The Balaban J connectivity index is 1.10. The minimum atomic E-state index is -1.14. The van der Waals surface area contributed by atoms with Crippen LogP contribution in [0, 0.1) is 16.0 Å². The maximum Gasteiger partial charge on any atom is 0.514 e. The zero-order valence-corrected chi connectivity index (χ0v) is 37.9. The number of anilines is 1. The van der Waals surface area contributed by atoms with Gasteiger partial charge in [0.05, 0.1) is 4.92 Å². The van der Waals surface area contributed by atoms with E-state index in [1.807, 2.05) is 36.4 Å². The van der Waals surface area contributed by atoms with Crippen LogP contribution in [0.5, 0.6) is 5.75 Å². The third kappa shape index (κ3) is 15.3. The fourth-order valence-corrected chi connectivity index (χ4v) is 7.48. The maximum atomic E-state index is 13.8. The molecular weight excluding hydrogens is 881 g/mol. The van der Waals surface area contributed by atoms with Crippen molar-refractivity contribution in [3.63, 3.8) is 0 Å². The van der Waals surface area contributed by atoms with Crippen LogP contribution in [0.15, 0.2) is 97.1 Å². The summed E-state index contributed by atoms with van der Waals surface area (Å²) in [7, 11) is 0. The fourth-order valence-electron chi connectivity index (χ4n) is 7.48. The number of carbonyl (C=O) groups is 7. The third-order valence-corrected chi connectivity index (χ3v) is 10.9. The summed E-state index contributed by atoms with van der Waals surface area (Å²) in [5, 5.41) is 26.9. The molecule has 8 N–H and O–H groups in total. The summed E-state index contributed by atoms with van der Waals surface area (Å²) in [6.07, 6.45) is -0.230. The Hall–Kier alpha value is -8.03. The molecule has 4 aromatic rings. The number of unbranched alkanes of at least 4 members (excludes halogenated alkanes) is 1. The molecule has 20 heteroatoms. The van der Waals surface area contributed by atoms with Crippen LogP contribution in [0.25, 0.3) is 11.1 Å². The molecule has 0 unspecified atom stereocenters. The van der Waals surface area contributed by atoms with Gasteiger partial charge in [0.25, 0.3) is 5.69 Å². The fraction of sp³-hybridized carbons (Fsp3) is 0.354. The number of nitro groups is 1. The van der Waals surface area contributed by atoms with Crippen molar-refractivity contribution in [3.05, 3.63) is 124 Å². The molecule has 360 valence electrons. The minimum Gasteiger partial charge on any atom is -0.449 e. The molecule has 3 atom stereocenters. The molecule has 0 saturated carbocycles. The first-order valence-corrected chi connectivity index (χ1v) is 22.1. The molecule has 7 amide bonds. The number of nitrogens with two attached hydrogens (primary N) is 1. The smallest absolute Gasteiger partial charge is 0.449 e. The highest BCUT2D eigenvalue weighted by Gasteiger charge is 2.32. The van der Waals surface area contributed by atoms with Crippen molar-refractivity contribution in [2.45, 2.75) is 83.5 Å². The topological polar surface area (TPSA) is 289 Å². The Morgan fingerprint density at radius 3 is 1.90 bits per heavy atom. The van der Waals surface area contributed by atoms with Crippen molar-refractivity contribution in [2.75, 3.05) is 25.0 Å². The van der Waals surface area contributed by atoms with Crippen molar-refractivity contribution in [1.29, 1.82) is 0 Å². The number of fused-ring (bicyclic) bond motifs is 3. The van der Waals surface area contributed by atoms with E-state index >= 15 is 0 Å². The molecule has 1 aliphatic carbocycles. The molecule has 68 heavy (non-hydrogen) atoms. The van der Waals surface area contributed by atoms with Crippen molar-refractivity contribution in [3.8, 4) is 16.9 Å². The van der Waals surface area contributed by atoms with Gasteiger partial charge in [0, 0.05) is 43.8 Å². The van der Waals surface area contributed by atoms with Crippen molar-refractivity contribution >= 4 is 53.3 Å². The molecule has 0 heterocycles. The number of carbonyl (C=O) groups excluding carboxylic acids is 7. The minimum absolute atomic E-state index is 0.0496. The highest BCUT2D eigenvalue weighted by atomic mass is 16.7. The number of amides is 7. The molecule has 0 spiro atoms. The molecule has 0 radical (unpaired) electrons. The second kappa shape index (κ2) is 25.0. The van der Waals surface area contributed by atoms with Crippen LogP contribution in [0.1, 0.15) is 75.5 Å². The van der Waals surface area contributed by atoms with Gasteiger partial charge in [-0.3, -0.25) is 29.3 Å². The molecular formula is C48H56N8O12. The molecule has 0 fully saturated rings. The van der Waals surface area contributed by atoms with Gasteiger partial charge in [-0.1, -0.05) is 74.5 Å². The average molecular weight is 937 g/mol. The summed E-state index contributed by atoms with van der Waals surface area (Å²) < 4.78 is 15.8. The van der Waals surface area contributed by atoms with Crippen LogP contribution >= 0.6 is 0 Å². The molecule has 1 aliphatic rings. The van der Waals surface area contributed by atoms with E-state index in [1.54, 1.807) is 38.1 Å². The van der Waals surface area contributed by atoms with E-state index in [9.17, 15) is 43.7 Å². The second-order valence-corrected chi connectivity index (χ2v) is 16.3. The SMILES string of the molecule is CC(=O)N[C@@H](CCCCNC(=O)OCC1c2ccccc2-c2ccccc21)C(=O)N[C@H](C(=O)N[C@@H](CCCNC(N)=O)C(=O)Nc1ccc(COC(=O)Oc2ccc([N+](=O)[O-])cc2)cc1)C(C)C. The summed E-state index contributed by atoms with van der Waals surface area (Å²) in [4.78, 5) is 99.6. The molecule has 5 rings (SSSR count). The van der Waals surface area contributed by atoms with E-state index in [1.165, 1.54) is 31.2 Å². The lowest BCUT2D eigenvalue weighted by Crippen LogP contribution is -2.57. The van der Waals surface area contributed by atoms with Crippen LogP contribution in [-0.2, 0) is 35.3 Å². The quantitative estimate of drug-likeness (QED) is 0.0159. The molecule has 0 aliphatic heterocycles. The number of urea groups is 1. The van der Waals surface area contributed by atoms with Gasteiger partial charge in [-0.25, -0.2) is 14.4 Å². The molecule has 0 aromatic heterocycles. The number of hydrogen-bond acceptors (Lipinski definition) is 12. The van der Waals surface area contributed by atoms with E-state index in [4.69, 9.17) is 19.9 Å². The third-order valence-electron chi connectivity index (χ3n) is 10.9. The van der Waals surface area contributed by atoms with Crippen molar-refractivity contribution < 1.29 is 52.7 Å². The summed E-state index contributed by atoms with van der Waals surface area (Å²) in [6, 6.07) is 23.1. The first kappa shape index (κ1) is 51.0. The van der Waals surface area contributed by atoms with E-state index < -0.39 is 70.9 Å². The number of primary amides is 1. The van der Waals surface area contributed by atoms with Gasteiger partial charge in [0.2, 0.25) is 23.6 Å². The maximum absolute atomic E-state index is 13.8. The molecule has 4 aromatic carbocycles. The number of ether oxygens (including phenoxy) is 3. The number of nitrogens with one attached hydrogen (secondary N) is 6. The lowest BCUT2D eigenvalue weighted by molar-refractivity contribution is -0.384. The van der Waals surface area contributed by atoms with E-state index in [2.05, 4.69) is 44.0 Å². The van der Waals surface area contributed by atoms with Gasteiger partial charge in [-0.2, -0.15) is 0 Å².